The van der Waals surface area contributed by atoms with E-state index in [4.69, 9.17) is 9.15 Å². The van der Waals surface area contributed by atoms with E-state index >= 15 is 0 Å². The molecule has 0 saturated carbocycles. The molecule has 1 aromatic heterocycles. The highest BCUT2D eigenvalue weighted by atomic mass is 16.5. The fourth-order valence-electron chi connectivity index (χ4n) is 3.39. The van der Waals surface area contributed by atoms with Gasteiger partial charge in [-0.2, -0.15) is 0 Å². The number of furan rings is 1. The molecule has 0 bridgehead atoms. The lowest BCUT2D eigenvalue weighted by Gasteiger charge is -2.26. The van der Waals surface area contributed by atoms with Crippen LogP contribution in [0.3, 0.4) is 0 Å². The van der Waals surface area contributed by atoms with Crippen molar-refractivity contribution >= 4 is 11.7 Å². The Hall–Kier alpha value is -2.60. The van der Waals surface area contributed by atoms with Gasteiger partial charge in [-0.05, 0) is 62.3 Å². The number of benzene rings is 1. The Balaban J connectivity index is 1.48. The van der Waals surface area contributed by atoms with E-state index in [0.29, 0.717) is 17.9 Å². The summed E-state index contributed by atoms with van der Waals surface area (Å²) in [7, 11) is 1.58. The first-order valence-electron chi connectivity index (χ1n) is 9.39. The van der Waals surface area contributed by atoms with Crippen molar-refractivity contribution in [3.63, 3.8) is 0 Å². The summed E-state index contributed by atoms with van der Waals surface area (Å²) in [6.45, 7) is 2.51. The van der Waals surface area contributed by atoms with Crippen molar-refractivity contribution in [2.75, 3.05) is 26.7 Å². The average Bonchev–Trinajstić information content (AvgIpc) is 3.41. The number of nitrogens with zero attached hydrogens (tertiary/aromatic N) is 1. The van der Waals surface area contributed by atoms with Crippen LogP contribution in [0.25, 0.3) is 0 Å². The maximum atomic E-state index is 12.2. The van der Waals surface area contributed by atoms with Gasteiger partial charge in [0, 0.05) is 24.9 Å². The van der Waals surface area contributed by atoms with Gasteiger partial charge in [0.25, 0.3) is 0 Å². The van der Waals surface area contributed by atoms with Gasteiger partial charge in [-0.3, -0.25) is 14.5 Å². The Kier molecular flexibility index (Phi) is 6.65. The van der Waals surface area contributed by atoms with E-state index in [1.165, 1.54) is 12.8 Å². The number of Topliss-reactive ketones (excluding diaryl/α,β-unsaturated/α-hetero) is 1. The van der Waals surface area contributed by atoms with E-state index in [9.17, 15) is 9.59 Å². The van der Waals surface area contributed by atoms with E-state index in [2.05, 4.69) is 10.2 Å². The van der Waals surface area contributed by atoms with Crippen molar-refractivity contribution in [1.82, 2.24) is 10.2 Å². The van der Waals surface area contributed by atoms with Crippen LogP contribution >= 0.6 is 0 Å². The summed E-state index contributed by atoms with van der Waals surface area (Å²) in [4.78, 5) is 26.8. The van der Waals surface area contributed by atoms with Gasteiger partial charge in [-0.1, -0.05) is 0 Å². The number of rotatable bonds is 9. The van der Waals surface area contributed by atoms with E-state index in [-0.39, 0.29) is 30.6 Å². The molecular formula is C21H26N2O4. The van der Waals surface area contributed by atoms with Crippen molar-refractivity contribution in [1.29, 1.82) is 0 Å². The molecule has 2 aromatic rings. The third-order valence-corrected chi connectivity index (χ3v) is 4.94. The second kappa shape index (κ2) is 9.37. The molecule has 1 N–H and O–H groups in total. The molecule has 27 heavy (non-hydrogen) atoms. The van der Waals surface area contributed by atoms with E-state index in [1.807, 2.05) is 12.1 Å². The fourth-order valence-corrected chi connectivity index (χ4v) is 3.39. The molecule has 1 unspecified atom stereocenters. The lowest BCUT2D eigenvalue weighted by atomic mass is 10.1. The smallest absolute Gasteiger partial charge is 0.220 e. The average molecular weight is 370 g/mol. The predicted octanol–water partition coefficient (Wildman–Crippen LogP) is 3.20. The number of amides is 1. The molecule has 144 valence electrons. The summed E-state index contributed by atoms with van der Waals surface area (Å²) in [6.07, 6.45) is 4.36. The van der Waals surface area contributed by atoms with Gasteiger partial charge >= 0.3 is 0 Å². The van der Waals surface area contributed by atoms with Crippen LogP contribution in [0.4, 0.5) is 0 Å². The second-order valence-corrected chi connectivity index (χ2v) is 6.73. The van der Waals surface area contributed by atoms with Gasteiger partial charge in [0.15, 0.2) is 5.78 Å². The summed E-state index contributed by atoms with van der Waals surface area (Å²) in [5.41, 5.74) is 0.592. The summed E-state index contributed by atoms with van der Waals surface area (Å²) in [5.74, 6) is 1.41. The van der Waals surface area contributed by atoms with Gasteiger partial charge in [0.05, 0.1) is 19.4 Å². The Labute approximate surface area is 159 Å². The van der Waals surface area contributed by atoms with Crippen LogP contribution in [0.5, 0.6) is 5.75 Å². The number of likely N-dealkylation sites (tertiary alicyclic amines) is 1. The number of ether oxygens (including phenoxy) is 1. The van der Waals surface area contributed by atoms with Crippen LogP contribution < -0.4 is 10.1 Å². The summed E-state index contributed by atoms with van der Waals surface area (Å²) in [6, 6.07) is 10.8. The number of methoxy groups -OCH3 is 1. The number of ketones is 1. The van der Waals surface area contributed by atoms with E-state index in [1.54, 1.807) is 37.6 Å². The third kappa shape index (κ3) is 5.20. The molecule has 1 saturated heterocycles. The number of nitrogens with one attached hydrogen (secondary N) is 1. The topological polar surface area (TPSA) is 71.8 Å². The Bertz CT molecular complexity index is 734. The number of carbonyl (C=O) groups excluding carboxylic acids is 2. The normalized spacial score (nSPS) is 15.4. The molecule has 1 aromatic carbocycles. The van der Waals surface area contributed by atoms with Gasteiger partial charge in [-0.25, -0.2) is 0 Å². The first-order valence-corrected chi connectivity index (χ1v) is 9.39. The highest BCUT2D eigenvalue weighted by Gasteiger charge is 2.25. The number of hydrogen-bond acceptors (Lipinski definition) is 5. The molecule has 0 aliphatic carbocycles. The summed E-state index contributed by atoms with van der Waals surface area (Å²) >= 11 is 0. The number of hydrogen-bond donors (Lipinski definition) is 1. The van der Waals surface area contributed by atoms with Crippen LogP contribution in [-0.2, 0) is 4.79 Å². The van der Waals surface area contributed by atoms with Crippen molar-refractivity contribution < 1.29 is 18.7 Å². The SMILES string of the molecule is COc1ccc(C(=O)CCC(=O)NCC(c2ccco2)N2CCCC2)cc1. The Morgan fingerprint density at radius 2 is 1.89 bits per heavy atom. The van der Waals surface area contributed by atoms with Gasteiger partial charge in [0.2, 0.25) is 5.91 Å². The standard InChI is InChI=1S/C21H26N2O4/c1-26-17-8-6-16(7-9-17)19(24)10-11-21(25)22-15-18(20-5-4-14-27-20)23-12-2-3-13-23/h4-9,14,18H,2-3,10-13,15H2,1H3,(H,22,25). The minimum absolute atomic E-state index is 0.0451. The Morgan fingerprint density at radius 1 is 1.15 bits per heavy atom. The van der Waals surface area contributed by atoms with Crippen molar-refractivity contribution in [2.24, 2.45) is 0 Å². The molecule has 1 aliphatic rings. The van der Waals surface area contributed by atoms with Crippen LogP contribution in [0, 0.1) is 0 Å². The maximum Gasteiger partial charge on any atom is 0.220 e. The van der Waals surface area contributed by atoms with Gasteiger partial charge < -0.3 is 14.5 Å². The lowest BCUT2D eigenvalue weighted by molar-refractivity contribution is -0.121. The summed E-state index contributed by atoms with van der Waals surface area (Å²) < 4.78 is 10.6. The highest BCUT2D eigenvalue weighted by molar-refractivity contribution is 5.98. The number of carbonyl (C=O) groups is 2. The monoisotopic (exact) mass is 370 g/mol. The zero-order valence-electron chi connectivity index (χ0n) is 15.6. The molecule has 0 spiro atoms. The minimum Gasteiger partial charge on any atom is -0.497 e. The molecule has 2 heterocycles. The first kappa shape index (κ1) is 19.2. The predicted molar refractivity (Wildman–Crippen MR) is 102 cm³/mol. The zero-order chi connectivity index (χ0) is 19.1. The van der Waals surface area contributed by atoms with Crippen LogP contribution in [-0.4, -0.2) is 43.3 Å². The van der Waals surface area contributed by atoms with Gasteiger partial charge in [-0.15, -0.1) is 0 Å². The zero-order valence-corrected chi connectivity index (χ0v) is 15.6. The quantitative estimate of drug-likeness (QED) is 0.686. The maximum absolute atomic E-state index is 12.2. The van der Waals surface area contributed by atoms with Crippen LogP contribution in [0.1, 0.15) is 47.8 Å². The lowest BCUT2D eigenvalue weighted by Crippen LogP contribution is -2.36. The summed E-state index contributed by atoms with van der Waals surface area (Å²) in [5, 5.41) is 2.96. The van der Waals surface area contributed by atoms with Crippen molar-refractivity contribution in [3.8, 4) is 5.75 Å². The second-order valence-electron chi connectivity index (χ2n) is 6.73. The van der Waals surface area contributed by atoms with Crippen molar-refractivity contribution in [3.05, 3.63) is 54.0 Å². The van der Waals surface area contributed by atoms with E-state index in [0.717, 1.165) is 18.8 Å². The van der Waals surface area contributed by atoms with E-state index < -0.39 is 0 Å². The Morgan fingerprint density at radius 3 is 2.52 bits per heavy atom. The molecule has 1 aliphatic heterocycles. The third-order valence-electron chi connectivity index (χ3n) is 4.94. The first-order chi connectivity index (χ1) is 13.2. The van der Waals surface area contributed by atoms with Crippen LogP contribution in [0.15, 0.2) is 47.1 Å². The minimum atomic E-state index is -0.118. The fraction of sp³-hybridized carbons (Fsp3) is 0.429. The largest absolute Gasteiger partial charge is 0.497 e. The molecule has 1 amide bonds. The molecule has 6 nitrogen and oxygen atoms in total. The van der Waals surface area contributed by atoms with Crippen molar-refractivity contribution in [2.45, 2.75) is 31.7 Å². The molecule has 6 heteroatoms. The molecule has 1 atom stereocenters. The molecule has 1 fully saturated rings. The highest BCUT2D eigenvalue weighted by Crippen LogP contribution is 2.25. The molecular weight excluding hydrogens is 344 g/mol. The van der Waals surface area contributed by atoms with Crippen LogP contribution in [0.2, 0.25) is 0 Å². The molecule has 3 rings (SSSR count). The molecule has 0 radical (unpaired) electrons. The van der Waals surface area contributed by atoms with Gasteiger partial charge in [0.1, 0.15) is 11.5 Å².